The molecule has 27 heavy (non-hydrogen) atoms. The van der Waals surface area contributed by atoms with E-state index in [9.17, 15) is 15.0 Å². The van der Waals surface area contributed by atoms with Crippen molar-refractivity contribution in [3.63, 3.8) is 0 Å². The zero-order valence-electron chi connectivity index (χ0n) is 16.1. The number of rotatable bonds is 0. The molecule has 3 rings (SSSR count). The van der Waals surface area contributed by atoms with E-state index in [0.29, 0.717) is 12.0 Å². The first-order chi connectivity index (χ1) is 12.7. The largest absolute Gasteiger partial charge is 0.508 e. The predicted molar refractivity (Wildman–Crippen MR) is 101 cm³/mol. The highest BCUT2D eigenvalue weighted by Gasteiger charge is 2.40. The Morgan fingerprint density at radius 2 is 1.78 bits per heavy atom. The van der Waals surface area contributed by atoms with Crippen LogP contribution < -0.4 is 0 Å². The maximum atomic E-state index is 12.5. The minimum Gasteiger partial charge on any atom is -0.508 e. The number of fused-ring (bicyclic) bond motifs is 2. The number of carbonyl (C=O) groups is 1. The van der Waals surface area contributed by atoms with Gasteiger partial charge in [0.1, 0.15) is 17.1 Å². The summed E-state index contributed by atoms with van der Waals surface area (Å²) in [4.78, 5) is 12.5. The van der Waals surface area contributed by atoms with E-state index < -0.39 is 11.8 Å². The number of benzene rings is 1. The highest BCUT2D eigenvalue weighted by molar-refractivity contribution is 5.97. The van der Waals surface area contributed by atoms with E-state index >= 15 is 0 Å². The molecule has 1 aromatic carbocycles. The van der Waals surface area contributed by atoms with Crippen LogP contribution in [-0.4, -0.2) is 40.3 Å². The average Bonchev–Trinajstić information content (AvgIpc) is 2.84. The number of phenolic OH excluding ortho intramolecular Hbond substituents is 2. The van der Waals surface area contributed by atoms with Gasteiger partial charge < -0.3 is 24.4 Å². The summed E-state index contributed by atoms with van der Waals surface area (Å²) in [7, 11) is 0. The van der Waals surface area contributed by atoms with Gasteiger partial charge in [0.2, 0.25) is 0 Å². The molecule has 0 radical (unpaired) electrons. The van der Waals surface area contributed by atoms with Crippen LogP contribution in [0, 0.1) is 0 Å². The van der Waals surface area contributed by atoms with Crippen molar-refractivity contribution in [1.29, 1.82) is 0 Å². The second-order valence-corrected chi connectivity index (χ2v) is 7.77. The molecule has 0 aromatic heterocycles. The molecule has 0 amide bonds. The van der Waals surface area contributed by atoms with Crippen molar-refractivity contribution >= 4 is 12.0 Å². The molecule has 2 N–H and O–H groups in total. The van der Waals surface area contributed by atoms with E-state index in [-0.39, 0.29) is 35.4 Å². The lowest BCUT2D eigenvalue weighted by Gasteiger charge is -2.19. The Hall–Kier alpha value is -2.05. The van der Waals surface area contributed by atoms with Crippen LogP contribution in [0.25, 0.3) is 6.08 Å². The second-order valence-electron chi connectivity index (χ2n) is 7.77. The van der Waals surface area contributed by atoms with E-state index in [2.05, 4.69) is 0 Å². The summed E-state index contributed by atoms with van der Waals surface area (Å²) in [6, 6.07) is 2.60. The van der Waals surface area contributed by atoms with Crippen molar-refractivity contribution in [1.82, 2.24) is 0 Å². The molecule has 1 saturated heterocycles. The number of carbonyl (C=O) groups excluding carboxylic acids is 1. The summed E-state index contributed by atoms with van der Waals surface area (Å²) in [6.45, 7) is 5.69. The molecular weight excluding hydrogens is 348 g/mol. The molecule has 6 nitrogen and oxygen atoms in total. The van der Waals surface area contributed by atoms with Gasteiger partial charge in [-0.1, -0.05) is 12.2 Å². The number of aromatic hydroxyl groups is 2. The quantitative estimate of drug-likeness (QED) is 0.662. The monoisotopic (exact) mass is 376 g/mol. The van der Waals surface area contributed by atoms with Crippen LogP contribution in [-0.2, 0) is 14.2 Å². The van der Waals surface area contributed by atoms with Gasteiger partial charge in [0.05, 0.1) is 18.3 Å². The molecule has 0 spiro atoms. The number of esters is 1. The van der Waals surface area contributed by atoms with Gasteiger partial charge in [0.25, 0.3) is 0 Å². The summed E-state index contributed by atoms with van der Waals surface area (Å²) in [5, 5.41) is 19.9. The Bertz CT molecular complexity index is 724. The van der Waals surface area contributed by atoms with Crippen molar-refractivity contribution in [2.75, 3.05) is 0 Å². The van der Waals surface area contributed by atoms with Crippen LogP contribution in [0.4, 0.5) is 0 Å². The number of cyclic esters (lactones) is 1. The van der Waals surface area contributed by atoms with E-state index in [1.54, 1.807) is 6.08 Å². The van der Waals surface area contributed by atoms with Gasteiger partial charge in [0.15, 0.2) is 5.79 Å². The number of phenols is 2. The Morgan fingerprint density at radius 3 is 2.52 bits per heavy atom. The number of hydrogen-bond donors (Lipinski definition) is 2. The molecule has 1 aromatic rings. The molecule has 2 aliphatic rings. The van der Waals surface area contributed by atoms with Crippen LogP contribution in [0.1, 0.15) is 68.8 Å². The molecule has 2 heterocycles. The third-order valence-corrected chi connectivity index (χ3v) is 4.94. The number of allylic oxidation sites excluding steroid dienone is 1. The number of hydrogen-bond acceptors (Lipinski definition) is 6. The zero-order chi connectivity index (χ0) is 19.6. The molecule has 1 fully saturated rings. The summed E-state index contributed by atoms with van der Waals surface area (Å²) in [6.07, 6.45) is 7.29. The number of ether oxygens (including phenoxy) is 3. The Kier molecular flexibility index (Phi) is 5.77. The fraction of sp³-hybridized carbons (Fsp3) is 0.571. The van der Waals surface area contributed by atoms with Crippen LogP contribution in [0.5, 0.6) is 11.5 Å². The van der Waals surface area contributed by atoms with Gasteiger partial charge in [-0.05, 0) is 64.5 Å². The van der Waals surface area contributed by atoms with Crippen LogP contribution in [0.3, 0.4) is 0 Å². The first-order valence-corrected chi connectivity index (χ1v) is 9.54. The Labute approximate surface area is 159 Å². The van der Waals surface area contributed by atoms with E-state index in [4.69, 9.17) is 14.2 Å². The van der Waals surface area contributed by atoms with Crippen molar-refractivity contribution in [3.05, 3.63) is 29.3 Å². The Balaban J connectivity index is 1.87. The van der Waals surface area contributed by atoms with Gasteiger partial charge in [-0.2, -0.15) is 0 Å². The third-order valence-electron chi connectivity index (χ3n) is 4.94. The molecule has 3 unspecified atom stereocenters. The second kappa shape index (κ2) is 7.90. The molecule has 0 aliphatic carbocycles. The minimum atomic E-state index is -0.588. The van der Waals surface area contributed by atoms with Crippen molar-refractivity contribution in [3.8, 4) is 11.5 Å². The van der Waals surface area contributed by atoms with Crippen molar-refractivity contribution < 1.29 is 29.2 Å². The standard InChI is InChI=1S/C21H28O6/c1-13-7-6-10-18-17(26-21(2,3)27-18)9-5-4-8-14-11-15(22)12-16(23)19(14)20(24)25-13/h4,8,11-13,17-18,22-23H,5-7,9-10H2,1-3H3. The lowest BCUT2D eigenvalue weighted by Crippen LogP contribution is -2.23. The van der Waals surface area contributed by atoms with Gasteiger partial charge >= 0.3 is 5.97 Å². The van der Waals surface area contributed by atoms with Crippen molar-refractivity contribution in [2.45, 2.75) is 77.0 Å². The van der Waals surface area contributed by atoms with E-state index in [1.807, 2.05) is 26.8 Å². The minimum absolute atomic E-state index is 0.0162. The molecule has 6 heteroatoms. The molecule has 0 saturated carbocycles. The highest BCUT2D eigenvalue weighted by atomic mass is 16.7. The topological polar surface area (TPSA) is 85.2 Å². The van der Waals surface area contributed by atoms with Gasteiger partial charge in [-0.3, -0.25) is 0 Å². The van der Waals surface area contributed by atoms with Crippen LogP contribution >= 0.6 is 0 Å². The summed E-state index contributed by atoms with van der Waals surface area (Å²) in [5.41, 5.74) is 0.509. The summed E-state index contributed by atoms with van der Waals surface area (Å²) < 4.78 is 17.6. The lowest BCUT2D eigenvalue weighted by molar-refractivity contribution is -0.147. The van der Waals surface area contributed by atoms with E-state index in [0.717, 1.165) is 31.7 Å². The summed E-state index contributed by atoms with van der Waals surface area (Å²) in [5.74, 6) is -1.56. The Morgan fingerprint density at radius 1 is 1.07 bits per heavy atom. The van der Waals surface area contributed by atoms with Crippen LogP contribution in [0.2, 0.25) is 0 Å². The molecule has 3 atom stereocenters. The van der Waals surface area contributed by atoms with Crippen LogP contribution in [0.15, 0.2) is 18.2 Å². The normalized spacial score (nSPS) is 28.7. The first kappa shape index (κ1) is 19.7. The summed E-state index contributed by atoms with van der Waals surface area (Å²) >= 11 is 0. The molecule has 2 aliphatic heterocycles. The SMILES string of the molecule is CC1CCCC2OC(C)(C)OC2CCC=Cc2cc(O)cc(O)c2C(=O)O1. The maximum absolute atomic E-state index is 12.5. The van der Waals surface area contributed by atoms with Gasteiger partial charge in [0, 0.05) is 6.07 Å². The highest BCUT2D eigenvalue weighted by Crippen LogP contribution is 2.34. The maximum Gasteiger partial charge on any atom is 0.342 e. The average molecular weight is 376 g/mol. The van der Waals surface area contributed by atoms with Gasteiger partial charge in [-0.15, -0.1) is 0 Å². The zero-order valence-corrected chi connectivity index (χ0v) is 16.1. The van der Waals surface area contributed by atoms with Gasteiger partial charge in [-0.25, -0.2) is 4.79 Å². The van der Waals surface area contributed by atoms with Crippen molar-refractivity contribution in [2.24, 2.45) is 0 Å². The molecule has 148 valence electrons. The smallest absolute Gasteiger partial charge is 0.342 e. The van der Waals surface area contributed by atoms with E-state index in [1.165, 1.54) is 6.07 Å². The fourth-order valence-corrected chi connectivity index (χ4v) is 3.76. The first-order valence-electron chi connectivity index (χ1n) is 9.54. The lowest BCUT2D eigenvalue weighted by atomic mass is 10.00. The molecule has 0 bridgehead atoms. The predicted octanol–water partition coefficient (Wildman–Crippen LogP) is 4.14. The third kappa shape index (κ3) is 4.82. The fourth-order valence-electron chi connectivity index (χ4n) is 3.76. The molecular formula is C21H28O6.